The second kappa shape index (κ2) is 7.05. The Morgan fingerprint density at radius 3 is 1.85 bits per heavy atom. The molecule has 0 aliphatic rings. The van der Waals surface area contributed by atoms with E-state index in [-0.39, 0.29) is 0 Å². The smallest absolute Gasteiger partial charge is 0.481 e. The van der Waals surface area contributed by atoms with Crippen molar-refractivity contribution >= 4 is 21.8 Å². The number of carboxylic acid groups (broad SMARTS) is 1. The van der Waals surface area contributed by atoms with Crippen molar-refractivity contribution in [2.45, 2.75) is 0 Å². The van der Waals surface area contributed by atoms with E-state index in [1.54, 1.807) is 0 Å². The molecule has 0 rings (SSSR count). The third-order valence-electron chi connectivity index (χ3n) is 0.463. The van der Waals surface area contributed by atoms with Gasteiger partial charge in [-0.25, -0.2) is 5.26 Å². The summed E-state index contributed by atoms with van der Waals surface area (Å²) < 4.78 is 21.8. The first-order chi connectivity index (χ1) is 5.71. The zero-order valence-electron chi connectivity index (χ0n) is 5.97. The van der Waals surface area contributed by atoms with Crippen molar-refractivity contribution in [1.82, 2.24) is 0 Å². The molecule has 0 aromatic rings. The Kier molecular flexibility index (Phi) is 8.18. The lowest BCUT2D eigenvalue weighted by Gasteiger charge is -2.00. The number of carbonyl (C=O) groups is 1. The Morgan fingerprint density at radius 1 is 1.46 bits per heavy atom. The van der Waals surface area contributed by atoms with E-state index in [9.17, 15) is 9.36 Å². The molecule has 0 aliphatic heterocycles. The van der Waals surface area contributed by atoms with E-state index < -0.39 is 28.0 Å². The van der Waals surface area contributed by atoms with Crippen molar-refractivity contribution in [1.29, 1.82) is 0 Å². The van der Waals surface area contributed by atoms with Crippen LogP contribution in [0.1, 0.15) is 0 Å². The van der Waals surface area contributed by atoms with Gasteiger partial charge in [0.1, 0.15) is 6.16 Å². The number of carboxylic acids is 1. The van der Waals surface area contributed by atoms with Gasteiger partial charge in [-0.3, -0.25) is 9.36 Å². The molecule has 1 unspecified atom stereocenters. The predicted octanol–water partition coefficient (Wildman–Crippen LogP) is -0.626. The molecule has 0 amide bonds. The summed E-state index contributed by atoms with van der Waals surface area (Å²) in [5.41, 5.74) is 0. The maximum Gasteiger partial charge on any atom is 0.692 e. The summed E-state index contributed by atoms with van der Waals surface area (Å²) in [6.07, 6.45) is -1.09. The minimum atomic E-state index is -4.27. The van der Waals surface area contributed by atoms with Crippen LogP contribution in [0.2, 0.25) is 0 Å². The molecule has 9 nitrogen and oxygen atoms in total. The van der Waals surface area contributed by atoms with Gasteiger partial charge >= 0.3 is 21.8 Å². The average Bonchev–Trinajstić information content (AvgIpc) is 1.83. The minimum absolute atomic E-state index is 1.09. The van der Waals surface area contributed by atoms with Crippen molar-refractivity contribution in [3.05, 3.63) is 0 Å². The van der Waals surface area contributed by atoms with Crippen LogP contribution in [0.15, 0.2) is 0 Å². The van der Waals surface area contributed by atoms with Crippen LogP contribution < -0.4 is 0 Å². The van der Waals surface area contributed by atoms with Gasteiger partial charge < -0.3 is 10.00 Å². The molecule has 0 bridgehead atoms. The van der Waals surface area contributed by atoms with Crippen LogP contribution in [0.4, 0.5) is 0 Å². The van der Waals surface area contributed by atoms with E-state index in [1.165, 1.54) is 0 Å². The first kappa shape index (κ1) is 15.1. The van der Waals surface area contributed by atoms with Crippen LogP contribution in [0, 0.1) is 0 Å². The van der Waals surface area contributed by atoms with Crippen LogP contribution in [0.5, 0.6) is 0 Å². The summed E-state index contributed by atoms with van der Waals surface area (Å²) in [6, 6.07) is 0. The van der Waals surface area contributed by atoms with E-state index in [2.05, 4.69) is 4.67 Å². The highest BCUT2D eigenvalue weighted by molar-refractivity contribution is 7.53. The molecule has 0 radical (unpaired) electrons. The van der Waals surface area contributed by atoms with Crippen LogP contribution in [0.3, 0.4) is 0 Å². The predicted molar refractivity (Wildman–Crippen MR) is 38.1 cm³/mol. The Labute approximate surface area is 72.6 Å². The van der Waals surface area contributed by atoms with Crippen LogP contribution in [-0.2, 0) is 18.6 Å². The van der Waals surface area contributed by atoms with Gasteiger partial charge in [0, 0.05) is 4.57 Å². The molecule has 0 aliphatic carbocycles. The fourth-order valence-electron chi connectivity index (χ4n) is 0.200. The highest BCUT2D eigenvalue weighted by atomic mass is 31.2. The van der Waals surface area contributed by atoms with Crippen molar-refractivity contribution < 1.29 is 43.6 Å². The van der Waals surface area contributed by atoms with E-state index in [1.807, 2.05) is 0 Å². The summed E-state index contributed by atoms with van der Waals surface area (Å²) >= 11 is 0. The third kappa shape index (κ3) is 18.5. The molecule has 5 N–H and O–H groups in total. The molecule has 0 saturated heterocycles. The molecule has 0 aromatic carbocycles. The van der Waals surface area contributed by atoms with E-state index >= 15 is 0 Å². The molecule has 13 heavy (non-hydrogen) atoms. The molecule has 0 aromatic heterocycles. The molecular formula is C2H7O9P2+. The third-order valence-corrected chi connectivity index (χ3v) is 1.39. The Morgan fingerprint density at radius 2 is 1.77 bits per heavy atom. The lowest BCUT2D eigenvalue weighted by Crippen LogP contribution is -2.03. The van der Waals surface area contributed by atoms with Crippen LogP contribution in [0.25, 0.3) is 0 Å². The van der Waals surface area contributed by atoms with Crippen molar-refractivity contribution in [2.24, 2.45) is 0 Å². The zero-order valence-corrected chi connectivity index (χ0v) is 7.76. The van der Waals surface area contributed by atoms with Gasteiger partial charge in [0.05, 0.1) is 0 Å². The van der Waals surface area contributed by atoms with Gasteiger partial charge in [-0.15, -0.1) is 9.79 Å². The number of hydrogen-bond donors (Lipinski definition) is 5. The number of hydrogen-bond acceptors (Lipinski definition) is 5. The second-order valence-electron chi connectivity index (χ2n) is 1.52. The maximum atomic E-state index is 10.1. The quantitative estimate of drug-likeness (QED) is 0.244. The lowest BCUT2D eigenvalue weighted by molar-refractivity contribution is -0.149. The maximum absolute atomic E-state index is 10.1. The Bertz CT molecular complexity index is 218. The molecule has 0 spiro atoms. The van der Waals surface area contributed by atoms with Gasteiger partial charge in [0.15, 0.2) is 0 Å². The fraction of sp³-hybridized carbons (Fsp3) is 0.500. The molecule has 0 fully saturated rings. The van der Waals surface area contributed by atoms with Gasteiger partial charge in [-0.2, -0.15) is 4.67 Å². The standard InChI is InChI=1S/C2H5O6P.HO3P/c3-2(4)1-9(6,7)8-5;1-4(2)3/h5H,1H2,(H,3,4)(H,6,7);(H-,1,2,3)/p+1. The SMILES string of the molecule is O=C(O)CP(=O)(O)OO.O=[P+](O)O. The highest BCUT2D eigenvalue weighted by Crippen LogP contribution is 2.39. The van der Waals surface area contributed by atoms with Crippen molar-refractivity contribution in [3.63, 3.8) is 0 Å². The first-order valence-corrected chi connectivity index (χ1v) is 5.36. The molecule has 11 heteroatoms. The first-order valence-electron chi connectivity index (χ1n) is 2.43. The van der Waals surface area contributed by atoms with Crippen molar-refractivity contribution in [3.8, 4) is 0 Å². The fourth-order valence-corrected chi connectivity index (χ4v) is 0.599. The summed E-state index contributed by atoms with van der Waals surface area (Å²) in [7, 11) is -7.14. The summed E-state index contributed by atoms with van der Waals surface area (Å²) in [4.78, 5) is 32.1. The molecule has 78 valence electrons. The molecule has 0 saturated carbocycles. The van der Waals surface area contributed by atoms with Gasteiger partial charge in [-0.05, 0) is 0 Å². The summed E-state index contributed by atoms with van der Waals surface area (Å²) in [5.74, 6) is -1.50. The highest BCUT2D eigenvalue weighted by Gasteiger charge is 2.23. The Balaban J connectivity index is 0. The normalized spacial score (nSPS) is 13.5. The summed E-state index contributed by atoms with van der Waals surface area (Å²) in [6.45, 7) is 0. The molecular weight excluding hydrogens is 230 g/mol. The molecule has 1 atom stereocenters. The van der Waals surface area contributed by atoms with E-state index in [0.717, 1.165) is 0 Å². The Hall–Kier alpha value is -0.400. The van der Waals surface area contributed by atoms with Gasteiger partial charge in [-0.1, -0.05) is 0 Å². The summed E-state index contributed by atoms with van der Waals surface area (Å²) in [5, 5.41) is 15.4. The van der Waals surface area contributed by atoms with E-state index in [0.29, 0.717) is 0 Å². The zero-order chi connectivity index (χ0) is 11.1. The van der Waals surface area contributed by atoms with Gasteiger partial charge in [0.2, 0.25) is 0 Å². The number of aliphatic carboxylic acids is 1. The second-order valence-corrected chi connectivity index (χ2v) is 3.78. The number of rotatable bonds is 3. The topological polar surface area (TPSA) is 162 Å². The lowest BCUT2D eigenvalue weighted by atomic mass is 10.8. The minimum Gasteiger partial charge on any atom is -0.481 e. The van der Waals surface area contributed by atoms with Crippen LogP contribution in [-0.4, -0.2) is 37.2 Å². The van der Waals surface area contributed by atoms with Gasteiger partial charge in [0.25, 0.3) is 0 Å². The average molecular weight is 237 g/mol. The van der Waals surface area contributed by atoms with Crippen molar-refractivity contribution in [2.75, 3.05) is 6.16 Å². The van der Waals surface area contributed by atoms with E-state index in [4.69, 9.17) is 29.6 Å². The molecule has 0 heterocycles. The largest absolute Gasteiger partial charge is 0.692 e. The van der Waals surface area contributed by atoms with Crippen LogP contribution >= 0.6 is 15.9 Å². The monoisotopic (exact) mass is 237 g/mol.